The summed E-state index contributed by atoms with van der Waals surface area (Å²) in [4.78, 5) is 12.5. The molecule has 0 aliphatic rings. The fourth-order valence-electron chi connectivity index (χ4n) is 2.22. The van der Waals surface area contributed by atoms with Crippen molar-refractivity contribution >= 4 is 17.5 Å². The zero-order valence-electron chi connectivity index (χ0n) is 14.3. The van der Waals surface area contributed by atoms with E-state index in [1.54, 1.807) is 23.0 Å². The van der Waals surface area contributed by atoms with Crippen LogP contribution in [0.3, 0.4) is 0 Å². The van der Waals surface area contributed by atoms with E-state index in [0.29, 0.717) is 28.7 Å². The molecule has 1 amide bonds. The molecule has 0 unspecified atom stereocenters. The Morgan fingerprint density at radius 2 is 2.21 bits per heavy atom. The highest BCUT2D eigenvalue weighted by Crippen LogP contribution is 2.36. The van der Waals surface area contributed by atoms with Crippen molar-refractivity contribution in [2.24, 2.45) is 7.05 Å². The van der Waals surface area contributed by atoms with Crippen LogP contribution < -0.4 is 14.8 Å². The largest absolute Gasteiger partial charge is 0.493 e. The summed E-state index contributed by atoms with van der Waals surface area (Å²) in [6.45, 7) is 4.42. The predicted molar refractivity (Wildman–Crippen MR) is 92.9 cm³/mol. The Labute approximate surface area is 146 Å². The van der Waals surface area contributed by atoms with Crippen molar-refractivity contribution < 1.29 is 14.3 Å². The van der Waals surface area contributed by atoms with Crippen molar-refractivity contribution in [3.63, 3.8) is 0 Å². The second kappa shape index (κ2) is 8.06. The van der Waals surface area contributed by atoms with Crippen molar-refractivity contribution in [1.82, 2.24) is 15.1 Å². The number of aryl methyl sites for hydroxylation is 1. The number of hydrogen-bond donors (Lipinski definition) is 1. The summed E-state index contributed by atoms with van der Waals surface area (Å²) >= 11 is 6.25. The molecular weight excluding hydrogens is 330 g/mol. The van der Waals surface area contributed by atoms with E-state index in [0.717, 1.165) is 12.0 Å². The minimum Gasteiger partial charge on any atom is -0.493 e. The average Bonchev–Trinajstić information content (AvgIpc) is 2.99. The van der Waals surface area contributed by atoms with Crippen LogP contribution in [0.15, 0.2) is 24.5 Å². The third-order valence-corrected chi connectivity index (χ3v) is 3.80. The fourth-order valence-corrected chi connectivity index (χ4v) is 2.49. The second-order valence-corrected chi connectivity index (χ2v) is 5.89. The predicted octanol–water partition coefficient (Wildman–Crippen LogP) is 3.36. The smallest absolute Gasteiger partial charge is 0.251 e. The number of hydrogen-bond acceptors (Lipinski definition) is 4. The lowest BCUT2D eigenvalue weighted by molar-refractivity contribution is 0.0939. The molecule has 0 saturated heterocycles. The number of nitrogens with one attached hydrogen (secondary N) is 1. The first-order chi connectivity index (χ1) is 11.5. The van der Waals surface area contributed by atoms with Crippen molar-refractivity contribution in [3.05, 3.63) is 40.7 Å². The molecule has 1 aromatic heterocycles. The maximum absolute atomic E-state index is 12.5. The summed E-state index contributed by atoms with van der Waals surface area (Å²) in [6, 6.07) is 3.04. The number of halogens is 1. The van der Waals surface area contributed by atoms with Crippen LogP contribution in [0.2, 0.25) is 5.02 Å². The molecule has 6 nitrogen and oxygen atoms in total. The van der Waals surface area contributed by atoms with Gasteiger partial charge in [0.1, 0.15) is 0 Å². The Morgan fingerprint density at radius 1 is 1.46 bits per heavy atom. The molecule has 1 heterocycles. The van der Waals surface area contributed by atoms with Crippen molar-refractivity contribution in [2.45, 2.75) is 26.3 Å². The highest BCUT2D eigenvalue weighted by atomic mass is 35.5. The highest BCUT2D eigenvalue weighted by molar-refractivity contribution is 6.32. The van der Waals surface area contributed by atoms with Crippen LogP contribution >= 0.6 is 11.6 Å². The Balaban J connectivity index is 2.18. The Morgan fingerprint density at radius 3 is 2.79 bits per heavy atom. The number of amides is 1. The molecule has 0 aliphatic carbocycles. The Hall–Kier alpha value is -2.21. The lowest BCUT2D eigenvalue weighted by atomic mass is 10.1. The summed E-state index contributed by atoms with van der Waals surface area (Å²) in [5.74, 6) is 0.654. The molecule has 1 aromatic carbocycles. The maximum atomic E-state index is 12.5. The van der Waals surface area contributed by atoms with Gasteiger partial charge in [-0.1, -0.05) is 18.5 Å². The molecule has 24 heavy (non-hydrogen) atoms. The maximum Gasteiger partial charge on any atom is 0.251 e. The van der Waals surface area contributed by atoms with E-state index in [9.17, 15) is 4.79 Å². The molecule has 0 bridgehead atoms. The van der Waals surface area contributed by atoms with Gasteiger partial charge in [-0.25, -0.2) is 0 Å². The Kier molecular flexibility index (Phi) is 6.09. The first-order valence-electron chi connectivity index (χ1n) is 7.76. The quantitative estimate of drug-likeness (QED) is 0.830. The fraction of sp³-hybridized carbons (Fsp3) is 0.412. The van der Waals surface area contributed by atoms with Crippen LogP contribution in [-0.2, 0) is 7.05 Å². The monoisotopic (exact) mass is 351 g/mol. The van der Waals surface area contributed by atoms with Crippen molar-refractivity contribution in [1.29, 1.82) is 0 Å². The minimum absolute atomic E-state index is 0.174. The van der Waals surface area contributed by atoms with Gasteiger partial charge < -0.3 is 14.8 Å². The summed E-state index contributed by atoms with van der Waals surface area (Å²) in [6.07, 6.45) is 4.44. The van der Waals surface area contributed by atoms with E-state index in [2.05, 4.69) is 10.4 Å². The molecule has 0 spiro atoms. The molecule has 1 N–H and O–H groups in total. The standard InChI is InChI=1S/C17H22ClN3O3/c1-5-6-24-16-14(18)7-12(8-15(16)23-4)17(22)20-11(2)13-9-19-21(3)10-13/h7-11H,5-6H2,1-4H3,(H,20,22)/t11-/m0/s1. The van der Waals surface area contributed by atoms with Gasteiger partial charge in [0, 0.05) is 24.4 Å². The van der Waals surface area contributed by atoms with Crippen molar-refractivity contribution in [3.8, 4) is 11.5 Å². The van der Waals surface area contributed by atoms with E-state index in [4.69, 9.17) is 21.1 Å². The molecule has 7 heteroatoms. The molecule has 0 fully saturated rings. The normalized spacial score (nSPS) is 11.9. The SMILES string of the molecule is CCCOc1c(Cl)cc(C(=O)N[C@@H](C)c2cnn(C)c2)cc1OC. The highest BCUT2D eigenvalue weighted by Gasteiger charge is 2.18. The number of carbonyl (C=O) groups is 1. The summed E-state index contributed by atoms with van der Waals surface area (Å²) in [5.41, 5.74) is 1.34. The van der Waals surface area contributed by atoms with Gasteiger partial charge in [0.15, 0.2) is 11.5 Å². The molecule has 2 rings (SSSR count). The number of nitrogens with zero attached hydrogens (tertiary/aromatic N) is 2. The van der Waals surface area contributed by atoms with Crippen LogP contribution in [0.25, 0.3) is 0 Å². The zero-order valence-corrected chi connectivity index (χ0v) is 15.1. The van der Waals surface area contributed by atoms with E-state index in [-0.39, 0.29) is 11.9 Å². The summed E-state index contributed by atoms with van der Waals surface area (Å²) < 4.78 is 12.6. The number of benzene rings is 1. The molecule has 2 aromatic rings. The van der Waals surface area contributed by atoms with E-state index >= 15 is 0 Å². The lowest BCUT2D eigenvalue weighted by Crippen LogP contribution is -2.26. The van der Waals surface area contributed by atoms with Crippen LogP contribution in [0.1, 0.15) is 42.2 Å². The minimum atomic E-state index is -0.242. The molecule has 130 valence electrons. The number of ether oxygens (including phenoxy) is 2. The zero-order chi connectivity index (χ0) is 17.7. The van der Waals surface area contributed by atoms with Gasteiger partial charge in [-0.2, -0.15) is 5.10 Å². The van der Waals surface area contributed by atoms with Gasteiger partial charge >= 0.3 is 0 Å². The number of aromatic nitrogens is 2. The van der Waals surface area contributed by atoms with Gasteiger partial charge in [0.2, 0.25) is 0 Å². The molecular formula is C17H22ClN3O3. The molecule has 0 aliphatic heterocycles. The van der Waals surface area contributed by atoms with Gasteiger partial charge in [-0.05, 0) is 25.5 Å². The van der Waals surface area contributed by atoms with Gasteiger partial charge in [0.25, 0.3) is 5.91 Å². The molecule has 0 radical (unpaired) electrons. The Bertz CT molecular complexity index is 715. The van der Waals surface area contributed by atoms with Crippen LogP contribution in [0, 0.1) is 0 Å². The summed E-state index contributed by atoms with van der Waals surface area (Å²) in [7, 11) is 3.35. The average molecular weight is 352 g/mol. The second-order valence-electron chi connectivity index (χ2n) is 5.48. The van der Waals surface area contributed by atoms with Gasteiger partial charge in [-0.3, -0.25) is 9.48 Å². The molecule has 1 atom stereocenters. The van der Waals surface area contributed by atoms with Gasteiger partial charge in [0.05, 0.1) is 31.0 Å². The summed E-state index contributed by atoms with van der Waals surface area (Å²) in [5, 5.41) is 7.38. The van der Waals surface area contributed by atoms with Crippen molar-refractivity contribution in [2.75, 3.05) is 13.7 Å². The van der Waals surface area contributed by atoms with E-state index in [1.165, 1.54) is 7.11 Å². The van der Waals surface area contributed by atoms with Crippen LogP contribution in [-0.4, -0.2) is 29.4 Å². The first kappa shape index (κ1) is 18.1. The van der Waals surface area contributed by atoms with Gasteiger partial charge in [-0.15, -0.1) is 0 Å². The third kappa shape index (κ3) is 4.20. The van der Waals surface area contributed by atoms with E-state index in [1.807, 2.05) is 27.1 Å². The number of rotatable bonds is 7. The number of carbonyl (C=O) groups excluding carboxylic acids is 1. The number of methoxy groups -OCH3 is 1. The van der Waals surface area contributed by atoms with Crippen LogP contribution in [0.5, 0.6) is 11.5 Å². The van der Waals surface area contributed by atoms with E-state index < -0.39 is 0 Å². The first-order valence-corrected chi connectivity index (χ1v) is 8.13. The third-order valence-electron chi connectivity index (χ3n) is 3.51. The molecule has 0 saturated carbocycles. The lowest BCUT2D eigenvalue weighted by Gasteiger charge is -2.15. The van der Waals surface area contributed by atoms with Crippen LogP contribution in [0.4, 0.5) is 0 Å². The topological polar surface area (TPSA) is 65.4 Å².